The number of nitrogens with zero attached hydrogens (tertiary/aromatic N) is 5. The number of rotatable bonds is 3. The van der Waals surface area contributed by atoms with E-state index in [0.29, 0.717) is 0 Å². The second-order valence-electron chi connectivity index (χ2n) is 6.40. The zero-order valence-electron chi connectivity index (χ0n) is 16.2. The van der Waals surface area contributed by atoms with Gasteiger partial charge in [-0.15, -0.1) is 0 Å². The van der Waals surface area contributed by atoms with Crippen LogP contribution < -0.4 is 0 Å². The van der Waals surface area contributed by atoms with Gasteiger partial charge in [-0.3, -0.25) is 0 Å². The van der Waals surface area contributed by atoms with E-state index in [2.05, 4.69) is 0 Å². The molecule has 0 fully saturated rings. The Morgan fingerprint density at radius 2 is 0.971 bits per heavy atom. The summed E-state index contributed by atoms with van der Waals surface area (Å²) in [5.74, 6) is -9.46. The molecular weight excluding hydrogens is 575 g/mol. The molecule has 0 saturated heterocycles. The van der Waals surface area contributed by atoms with Crippen molar-refractivity contribution < 1.29 is 26.3 Å². The summed E-state index contributed by atoms with van der Waals surface area (Å²) in [6.45, 7) is 0. The molecule has 0 radical (unpaired) electrons. The second kappa shape index (κ2) is 8.90. The van der Waals surface area contributed by atoms with Crippen molar-refractivity contribution in [1.82, 2.24) is 0 Å². The van der Waals surface area contributed by atoms with Crippen molar-refractivity contribution >= 4 is 19.8 Å². The van der Waals surface area contributed by atoms with Gasteiger partial charge in [-0.25, -0.2) is 0 Å². The molecule has 0 aliphatic heterocycles. The molecule has 5 nitrogen and oxygen atoms in total. The molecule has 0 N–H and O–H groups in total. The van der Waals surface area contributed by atoms with Crippen LogP contribution >= 0.6 is 19.8 Å². The molecule has 0 unspecified atom stereocenters. The van der Waals surface area contributed by atoms with Crippen molar-refractivity contribution in [2.45, 2.75) is 0 Å². The van der Waals surface area contributed by atoms with Gasteiger partial charge in [0.1, 0.15) is 0 Å². The molecule has 3 rings (SSSR count). The fourth-order valence-corrected chi connectivity index (χ4v) is 9.79. The molecule has 34 heavy (non-hydrogen) atoms. The van der Waals surface area contributed by atoms with Gasteiger partial charge in [-0.2, -0.15) is 0 Å². The molecule has 1 aliphatic carbocycles. The summed E-state index contributed by atoms with van der Waals surface area (Å²) < 4.78 is 83.7. The molecule has 166 valence electrons. The van der Waals surface area contributed by atoms with Gasteiger partial charge in [0.05, 0.1) is 0 Å². The Bertz CT molecular complexity index is 1420. The van der Waals surface area contributed by atoms with Gasteiger partial charge in [-0.1, -0.05) is 0 Å². The van der Waals surface area contributed by atoms with Gasteiger partial charge >= 0.3 is 195 Å². The Morgan fingerprint density at radius 3 is 1.26 bits per heavy atom. The summed E-state index contributed by atoms with van der Waals surface area (Å²) in [5.41, 5.74) is -5.34. The Hall–Kier alpha value is -4.32. The molecule has 0 saturated carbocycles. The number of halogens is 7. The number of hydrogen-bond acceptors (Lipinski definition) is 5. The Balaban J connectivity index is 2.64. The van der Waals surface area contributed by atoms with E-state index in [1.165, 1.54) is 30.3 Å². The molecule has 2 aromatic carbocycles. The zero-order chi connectivity index (χ0) is 25.4. The number of hydrogen-bond donors (Lipinski definition) is 0. The van der Waals surface area contributed by atoms with Crippen LogP contribution in [-0.4, -0.2) is 0 Å². The van der Waals surface area contributed by atoms with E-state index < -0.39 is 87.6 Å². The van der Waals surface area contributed by atoms with Gasteiger partial charge in [0.2, 0.25) is 0 Å². The van der Waals surface area contributed by atoms with E-state index in [-0.39, 0.29) is 24.3 Å². The van der Waals surface area contributed by atoms with Gasteiger partial charge in [0, 0.05) is 0 Å². The van der Waals surface area contributed by atoms with E-state index in [9.17, 15) is 52.7 Å². The van der Waals surface area contributed by atoms with Crippen LogP contribution in [-0.2, 0) is 0 Å². The van der Waals surface area contributed by atoms with Gasteiger partial charge in [-0.05, 0) is 0 Å². The first-order chi connectivity index (χ1) is 16.1. The molecular formula is C22H4F6IN5. The third-order valence-corrected chi connectivity index (χ3v) is 11.2. The SMILES string of the molecule is N#CC1=C(C#N)C(C#N)(C#N)C(I(c2c(F)cc(F)cc2F)c2c(F)cc(F)cc2F)=C1C#N. The van der Waals surface area contributed by atoms with E-state index in [0.717, 1.165) is 0 Å². The quantitative estimate of drug-likeness (QED) is 0.214. The average molecular weight is 579 g/mol. The van der Waals surface area contributed by atoms with Gasteiger partial charge in [0.25, 0.3) is 0 Å². The molecule has 0 atom stereocenters. The number of benzene rings is 2. The van der Waals surface area contributed by atoms with Crippen LogP contribution in [0.2, 0.25) is 0 Å². The van der Waals surface area contributed by atoms with Crippen LogP contribution in [0.3, 0.4) is 0 Å². The van der Waals surface area contributed by atoms with Crippen molar-refractivity contribution in [3.05, 3.63) is 86.6 Å². The number of allylic oxidation sites excluding steroid dienone is 4. The van der Waals surface area contributed by atoms with E-state index >= 15 is 0 Å². The Kier molecular flexibility index (Phi) is 6.37. The first kappa shape index (κ1) is 24.3. The molecule has 0 amide bonds. The van der Waals surface area contributed by atoms with Crippen molar-refractivity contribution in [2.75, 3.05) is 0 Å². The second-order valence-corrected chi connectivity index (χ2v) is 11.3. The maximum absolute atomic E-state index is 14.9. The summed E-state index contributed by atoms with van der Waals surface area (Å²) in [7, 11) is 0. The topological polar surface area (TPSA) is 119 Å². The molecule has 0 heterocycles. The van der Waals surface area contributed by atoms with Crippen LogP contribution in [0.25, 0.3) is 0 Å². The predicted octanol–water partition coefficient (Wildman–Crippen LogP) is 5.24. The van der Waals surface area contributed by atoms with Gasteiger partial charge < -0.3 is 0 Å². The molecule has 0 bridgehead atoms. The fraction of sp³-hybridized carbons (Fsp3) is 0.0455. The molecule has 0 spiro atoms. The summed E-state index contributed by atoms with van der Waals surface area (Å²) >= 11 is -4.76. The summed E-state index contributed by atoms with van der Waals surface area (Å²) in [6, 6.07) is 7.92. The van der Waals surface area contributed by atoms with E-state index in [1.807, 2.05) is 0 Å². The summed E-state index contributed by atoms with van der Waals surface area (Å²) in [5, 5.41) is 48.4. The zero-order valence-corrected chi connectivity index (χ0v) is 18.3. The average Bonchev–Trinajstić information content (AvgIpc) is 3.05. The number of nitriles is 5. The Morgan fingerprint density at radius 1 is 0.588 bits per heavy atom. The fourth-order valence-electron chi connectivity index (χ4n) is 3.24. The maximum atomic E-state index is 14.9. The first-order valence-corrected chi connectivity index (χ1v) is 11.9. The van der Waals surface area contributed by atoms with E-state index in [1.54, 1.807) is 0 Å². The monoisotopic (exact) mass is 579 g/mol. The minimum atomic E-state index is -4.76. The third kappa shape index (κ3) is 3.44. The first-order valence-electron chi connectivity index (χ1n) is 8.63. The molecule has 0 aromatic heterocycles. The summed E-state index contributed by atoms with van der Waals surface area (Å²) in [6.07, 6.45) is 0. The van der Waals surface area contributed by atoms with Crippen LogP contribution in [0.5, 0.6) is 0 Å². The van der Waals surface area contributed by atoms with Crippen molar-refractivity contribution in [2.24, 2.45) is 5.41 Å². The predicted molar refractivity (Wildman–Crippen MR) is 109 cm³/mol. The Labute approximate surface area is 194 Å². The van der Waals surface area contributed by atoms with Crippen molar-refractivity contribution in [1.29, 1.82) is 26.3 Å². The van der Waals surface area contributed by atoms with E-state index in [4.69, 9.17) is 0 Å². The standard InChI is InChI=1S/C22H4F6IN5/c23-10-1-15(25)19(16(26)2-10)29(20-17(27)3-11(24)4-18(20)28)21-13(6-31)12(5-30)14(7-32)22(21,8-33)9-34/h1-4H. The minimum absolute atomic E-state index is 0.175. The molecule has 12 heteroatoms. The van der Waals surface area contributed by atoms with Crippen LogP contribution in [0.1, 0.15) is 0 Å². The van der Waals surface area contributed by atoms with Gasteiger partial charge in [0.15, 0.2) is 0 Å². The molecule has 1 aliphatic rings. The van der Waals surface area contributed by atoms with Crippen LogP contribution in [0, 0.1) is 104 Å². The van der Waals surface area contributed by atoms with Crippen molar-refractivity contribution in [3.63, 3.8) is 0 Å². The van der Waals surface area contributed by atoms with Crippen molar-refractivity contribution in [3.8, 4) is 30.3 Å². The van der Waals surface area contributed by atoms with Crippen LogP contribution in [0.4, 0.5) is 26.3 Å². The summed E-state index contributed by atoms with van der Waals surface area (Å²) in [4.78, 5) is 0. The van der Waals surface area contributed by atoms with Crippen LogP contribution in [0.15, 0.2) is 44.6 Å². The third-order valence-electron chi connectivity index (χ3n) is 4.56. The molecule has 2 aromatic rings. The normalized spacial score (nSPS) is 14.6.